The van der Waals surface area contributed by atoms with Crippen LogP contribution in [0.4, 0.5) is 11.5 Å². The smallest absolute Gasteiger partial charge is 0.307 e. The Balaban J connectivity index is 1.54. The van der Waals surface area contributed by atoms with Crippen molar-refractivity contribution < 1.29 is 9.90 Å². The number of thiophene rings is 1. The van der Waals surface area contributed by atoms with Crippen molar-refractivity contribution >= 4 is 34.9 Å². The van der Waals surface area contributed by atoms with Crippen molar-refractivity contribution in [1.29, 1.82) is 0 Å². The van der Waals surface area contributed by atoms with E-state index in [9.17, 15) is 4.79 Å². The van der Waals surface area contributed by atoms with E-state index >= 15 is 0 Å². The molecular formula is C27H31N3O2S. The zero-order chi connectivity index (χ0) is 23.2. The average molecular weight is 462 g/mol. The molecule has 1 aliphatic carbocycles. The van der Waals surface area contributed by atoms with Crippen molar-refractivity contribution in [2.24, 2.45) is 5.92 Å². The molecule has 1 saturated carbocycles. The van der Waals surface area contributed by atoms with E-state index in [1.807, 2.05) is 31.2 Å². The van der Waals surface area contributed by atoms with Crippen molar-refractivity contribution in [2.45, 2.75) is 58.8 Å². The molecule has 0 spiro atoms. The topological polar surface area (TPSA) is 75.1 Å². The molecular weight excluding hydrogens is 430 g/mol. The van der Waals surface area contributed by atoms with Crippen LogP contribution in [0.25, 0.3) is 16.8 Å². The van der Waals surface area contributed by atoms with Crippen LogP contribution >= 0.6 is 11.3 Å². The summed E-state index contributed by atoms with van der Waals surface area (Å²) in [6.07, 6.45) is 12.1. The number of nitrogens with one attached hydrogen (secondary N) is 1. The molecule has 1 aliphatic rings. The van der Waals surface area contributed by atoms with E-state index in [1.54, 1.807) is 11.3 Å². The minimum Gasteiger partial charge on any atom is -0.481 e. The Morgan fingerprint density at radius 3 is 2.64 bits per heavy atom. The number of carboxylic acids is 1. The van der Waals surface area contributed by atoms with Gasteiger partial charge < -0.3 is 10.4 Å². The quantitative estimate of drug-likeness (QED) is 0.376. The Labute approximate surface area is 199 Å². The van der Waals surface area contributed by atoms with Crippen molar-refractivity contribution in [3.8, 4) is 10.7 Å². The lowest BCUT2D eigenvalue weighted by atomic mass is 9.89. The highest BCUT2D eigenvalue weighted by Crippen LogP contribution is 2.31. The van der Waals surface area contributed by atoms with E-state index in [4.69, 9.17) is 15.1 Å². The van der Waals surface area contributed by atoms with Crippen LogP contribution < -0.4 is 5.32 Å². The van der Waals surface area contributed by atoms with Gasteiger partial charge in [-0.15, -0.1) is 11.3 Å². The first-order valence-corrected chi connectivity index (χ1v) is 12.6. The van der Waals surface area contributed by atoms with Crippen LogP contribution in [0, 0.1) is 12.8 Å². The summed E-state index contributed by atoms with van der Waals surface area (Å²) in [6, 6.07) is 9.64. The standard InChI is InChI=1S/C27H31N3O2S/c1-3-23-18(2)28-27(24-15-21(17-33-24)10-9-19-7-5-4-6-8-19)30-26(23)29-22-13-11-20(12-14-22)16-25(31)32/h9-15,17,19H,3-8,16H2,1-2H3,(H,31,32)(H,28,29,30). The predicted octanol–water partition coefficient (Wildman–Crippen LogP) is 7.04. The third-order valence-corrected chi connectivity index (χ3v) is 7.13. The number of benzene rings is 1. The summed E-state index contributed by atoms with van der Waals surface area (Å²) in [6.45, 7) is 4.13. The number of nitrogens with zero attached hydrogens (tertiary/aromatic N) is 2. The Morgan fingerprint density at radius 2 is 1.94 bits per heavy atom. The first-order chi connectivity index (χ1) is 16.0. The van der Waals surface area contributed by atoms with Gasteiger partial charge in [-0.05, 0) is 66.8 Å². The van der Waals surface area contributed by atoms with Crippen molar-refractivity contribution in [2.75, 3.05) is 5.32 Å². The van der Waals surface area contributed by atoms with E-state index in [1.165, 1.54) is 37.7 Å². The second kappa shape index (κ2) is 10.8. The fourth-order valence-corrected chi connectivity index (χ4v) is 5.19. The normalized spacial score (nSPS) is 14.6. The molecule has 1 aromatic carbocycles. The summed E-state index contributed by atoms with van der Waals surface area (Å²) in [4.78, 5) is 21.7. The lowest BCUT2D eigenvalue weighted by Gasteiger charge is -2.17. The van der Waals surface area contributed by atoms with Crippen LogP contribution in [0.2, 0.25) is 0 Å². The second-order valence-electron chi connectivity index (χ2n) is 8.71. The molecule has 33 heavy (non-hydrogen) atoms. The second-order valence-corrected chi connectivity index (χ2v) is 9.62. The van der Waals surface area contributed by atoms with Crippen LogP contribution in [-0.2, 0) is 17.6 Å². The monoisotopic (exact) mass is 461 g/mol. The van der Waals surface area contributed by atoms with Gasteiger partial charge in [0.1, 0.15) is 5.82 Å². The summed E-state index contributed by atoms with van der Waals surface area (Å²) >= 11 is 1.67. The Bertz CT molecular complexity index is 1130. The average Bonchev–Trinajstić information content (AvgIpc) is 3.28. The summed E-state index contributed by atoms with van der Waals surface area (Å²) in [5.41, 5.74) is 4.92. The number of carboxylic acid groups (broad SMARTS) is 1. The van der Waals surface area contributed by atoms with Gasteiger partial charge in [0.15, 0.2) is 5.82 Å². The Kier molecular flexibility index (Phi) is 7.55. The van der Waals surface area contributed by atoms with Gasteiger partial charge in [-0.2, -0.15) is 0 Å². The summed E-state index contributed by atoms with van der Waals surface area (Å²) in [5.74, 6) is 1.42. The third-order valence-electron chi connectivity index (χ3n) is 6.19. The zero-order valence-electron chi connectivity index (χ0n) is 19.3. The van der Waals surface area contributed by atoms with Crippen molar-refractivity contribution in [3.05, 3.63) is 64.2 Å². The number of anilines is 2. The number of carbonyl (C=O) groups is 1. The lowest BCUT2D eigenvalue weighted by molar-refractivity contribution is -0.136. The predicted molar refractivity (Wildman–Crippen MR) is 136 cm³/mol. The fourth-order valence-electron chi connectivity index (χ4n) is 4.38. The molecule has 172 valence electrons. The maximum atomic E-state index is 10.9. The molecule has 2 N–H and O–H groups in total. The van der Waals surface area contributed by atoms with Gasteiger partial charge in [0.2, 0.25) is 0 Å². The van der Waals surface area contributed by atoms with Crippen molar-refractivity contribution in [1.82, 2.24) is 9.97 Å². The molecule has 2 heterocycles. The first-order valence-electron chi connectivity index (χ1n) is 11.7. The van der Waals surface area contributed by atoms with E-state index < -0.39 is 5.97 Å². The van der Waals surface area contributed by atoms with Crippen LogP contribution in [0.3, 0.4) is 0 Å². The maximum absolute atomic E-state index is 10.9. The van der Waals surface area contributed by atoms with E-state index in [-0.39, 0.29) is 6.42 Å². The van der Waals surface area contributed by atoms with Crippen LogP contribution in [0.1, 0.15) is 61.4 Å². The minimum atomic E-state index is -0.830. The number of aliphatic carboxylic acids is 1. The molecule has 0 aliphatic heterocycles. The molecule has 1 fully saturated rings. The molecule has 0 atom stereocenters. The molecule has 2 aromatic heterocycles. The molecule has 0 saturated heterocycles. The zero-order valence-corrected chi connectivity index (χ0v) is 20.1. The fraction of sp³-hybridized carbons (Fsp3) is 0.370. The highest BCUT2D eigenvalue weighted by molar-refractivity contribution is 7.13. The summed E-state index contributed by atoms with van der Waals surface area (Å²) in [5, 5.41) is 14.6. The van der Waals surface area contributed by atoms with E-state index in [2.05, 4.69) is 35.8 Å². The summed E-state index contributed by atoms with van der Waals surface area (Å²) < 4.78 is 0. The van der Waals surface area contributed by atoms with Gasteiger partial charge in [-0.1, -0.05) is 50.5 Å². The molecule has 0 amide bonds. The SMILES string of the molecule is CCc1c(C)nc(-c2cc(C=CC3CCCCC3)cs2)nc1Nc1ccc(CC(=O)O)cc1. The van der Waals surface area contributed by atoms with Crippen molar-refractivity contribution in [3.63, 3.8) is 0 Å². The highest BCUT2D eigenvalue weighted by atomic mass is 32.1. The Hall–Kier alpha value is -2.99. The third kappa shape index (κ3) is 6.08. The number of aryl methyl sites for hydroxylation is 1. The van der Waals surface area contributed by atoms with Gasteiger partial charge in [0.25, 0.3) is 0 Å². The number of allylic oxidation sites excluding steroid dienone is 1. The molecule has 4 rings (SSSR count). The lowest BCUT2D eigenvalue weighted by Crippen LogP contribution is -2.05. The van der Waals surface area contributed by atoms with E-state index in [0.717, 1.165) is 45.4 Å². The number of aromatic nitrogens is 2. The largest absolute Gasteiger partial charge is 0.481 e. The van der Waals surface area contributed by atoms with Gasteiger partial charge in [-0.3, -0.25) is 4.79 Å². The van der Waals surface area contributed by atoms with Crippen LogP contribution in [0.15, 0.2) is 41.8 Å². The molecule has 6 heteroatoms. The molecule has 3 aromatic rings. The number of rotatable bonds is 8. The highest BCUT2D eigenvalue weighted by Gasteiger charge is 2.14. The molecule has 5 nitrogen and oxygen atoms in total. The molecule has 0 bridgehead atoms. The molecule has 0 radical (unpaired) electrons. The minimum absolute atomic E-state index is 0.0210. The van der Waals surface area contributed by atoms with E-state index in [0.29, 0.717) is 5.92 Å². The first kappa shape index (κ1) is 23.2. The maximum Gasteiger partial charge on any atom is 0.307 e. The van der Waals surface area contributed by atoms with Crippen LogP contribution in [-0.4, -0.2) is 21.0 Å². The molecule has 0 unspecified atom stereocenters. The number of hydrogen-bond acceptors (Lipinski definition) is 5. The van der Waals surface area contributed by atoms with Gasteiger partial charge >= 0.3 is 5.97 Å². The van der Waals surface area contributed by atoms with Gasteiger partial charge in [0.05, 0.1) is 11.3 Å². The Morgan fingerprint density at radius 1 is 1.18 bits per heavy atom. The van der Waals surface area contributed by atoms with Crippen LogP contribution in [0.5, 0.6) is 0 Å². The van der Waals surface area contributed by atoms with Gasteiger partial charge in [-0.25, -0.2) is 9.97 Å². The van der Waals surface area contributed by atoms with Gasteiger partial charge in [0, 0.05) is 16.9 Å². The number of hydrogen-bond donors (Lipinski definition) is 2. The summed E-state index contributed by atoms with van der Waals surface area (Å²) in [7, 11) is 0.